The maximum absolute atomic E-state index is 6.21. The fourth-order valence-corrected chi connectivity index (χ4v) is 4.09. The van der Waals surface area contributed by atoms with Gasteiger partial charge in [0.25, 0.3) is 0 Å². The lowest BCUT2D eigenvalue weighted by Crippen LogP contribution is -2.24. The minimum absolute atomic E-state index is 0.241. The minimum Gasteiger partial charge on any atom is -0.495 e. The second-order valence-corrected chi connectivity index (χ2v) is 6.65. The number of nitrogens with one attached hydrogen (secondary N) is 1. The quantitative estimate of drug-likeness (QED) is 0.870. The summed E-state index contributed by atoms with van der Waals surface area (Å²) in [6.45, 7) is 2.17. The molecule has 0 fully saturated rings. The van der Waals surface area contributed by atoms with Crippen molar-refractivity contribution in [3.8, 4) is 5.75 Å². The van der Waals surface area contributed by atoms with Gasteiger partial charge in [-0.25, -0.2) is 0 Å². The summed E-state index contributed by atoms with van der Waals surface area (Å²) >= 11 is 8.13. The highest BCUT2D eigenvalue weighted by Crippen LogP contribution is 2.39. The van der Waals surface area contributed by atoms with Crippen LogP contribution in [0.25, 0.3) is 0 Å². The second kappa shape index (κ2) is 6.30. The van der Waals surface area contributed by atoms with Crippen molar-refractivity contribution in [3.63, 3.8) is 0 Å². The van der Waals surface area contributed by atoms with Gasteiger partial charge >= 0.3 is 0 Å². The van der Waals surface area contributed by atoms with Gasteiger partial charge in [-0.2, -0.15) is 0 Å². The molecule has 0 amide bonds. The third-order valence-electron chi connectivity index (χ3n) is 3.83. The summed E-state index contributed by atoms with van der Waals surface area (Å²) in [5.74, 6) is 1.79. The van der Waals surface area contributed by atoms with Crippen LogP contribution in [0.2, 0.25) is 5.02 Å². The van der Waals surface area contributed by atoms with Crippen molar-refractivity contribution in [2.24, 2.45) is 0 Å². The lowest BCUT2D eigenvalue weighted by Gasteiger charge is -2.21. The summed E-state index contributed by atoms with van der Waals surface area (Å²) in [7, 11) is 1.63. The Bertz CT molecular complexity index is 646. The molecular weight excluding hydrogens is 302 g/mol. The predicted octanol–water partition coefficient (Wildman–Crippen LogP) is 4.85. The normalized spacial score (nSPS) is 18.3. The van der Waals surface area contributed by atoms with Crippen LogP contribution in [0.5, 0.6) is 5.75 Å². The molecule has 110 valence electrons. The van der Waals surface area contributed by atoms with Gasteiger partial charge in [-0.3, -0.25) is 0 Å². The monoisotopic (exact) mass is 319 g/mol. The number of benzene rings is 2. The molecule has 0 aromatic heterocycles. The number of fused-ring (bicyclic) bond motifs is 1. The van der Waals surface area contributed by atoms with Gasteiger partial charge in [0.15, 0.2) is 0 Å². The number of rotatable bonds is 4. The van der Waals surface area contributed by atoms with Crippen LogP contribution in [-0.2, 0) is 0 Å². The van der Waals surface area contributed by atoms with Crippen molar-refractivity contribution in [2.45, 2.75) is 23.9 Å². The fraction of sp³-hybridized carbons (Fsp3) is 0.294. The number of hydrogen-bond donors (Lipinski definition) is 1. The SMILES string of the molecule is COc1ccc(C(C)NC2CSc3ccccc32)cc1Cl. The Morgan fingerprint density at radius 3 is 2.86 bits per heavy atom. The molecule has 0 aliphatic carbocycles. The molecule has 2 atom stereocenters. The van der Waals surface area contributed by atoms with Gasteiger partial charge in [0, 0.05) is 22.7 Å². The summed E-state index contributed by atoms with van der Waals surface area (Å²) in [4.78, 5) is 1.38. The van der Waals surface area contributed by atoms with Crippen LogP contribution in [0.1, 0.15) is 30.1 Å². The Labute approximate surface area is 134 Å². The van der Waals surface area contributed by atoms with E-state index in [-0.39, 0.29) is 6.04 Å². The molecule has 0 spiro atoms. The highest BCUT2D eigenvalue weighted by molar-refractivity contribution is 7.99. The lowest BCUT2D eigenvalue weighted by atomic mass is 10.0. The number of hydrogen-bond acceptors (Lipinski definition) is 3. The smallest absolute Gasteiger partial charge is 0.137 e. The molecule has 4 heteroatoms. The maximum Gasteiger partial charge on any atom is 0.137 e. The van der Waals surface area contributed by atoms with E-state index in [4.69, 9.17) is 16.3 Å². The van der Waals surface area contributed by atoms with Crippen molar-refractivity contribution in [1.29, 1.82) is 0 Å². The van der Waals surface area contributed by atoms with E-state index in [2.05, 4.69) is 42.6 Å². The fourth-order valence-electron chi connectivity index (χ4n) is 2.65. The molecule has 1 aliphatic heterocycles. The number of ether oxygens (including phenoxy) is 1. The molecule has 2 nitrogen and oxygen atoms in total. The zero-order chi connectivity index (χ0) is 14.8. The molecule has 0 saturated carbocycles. The van der Waals surface area contributed by atoms with Gasteiger partial charge in [0.2, 0.25) is 0 Å². The number of methoxy groups -OCH3 is 1. The topological polar surface area (TPSA) is 21.3 Å². The highest BCUT2D eigenvalue weighted by atomic mass is 35.5. The van der Waals surface area contributed by atoms with Crippen molar-refractivity contribution in [1.82, 2.24) is 5.32 Å². The van der Waals surface area contributed by atoms with E-state index in [1.165, 1.54) is 16.0 Å². The lowest BCUT2D eigenvalue weighted by molar-refractivity contribution is 0.414. The van der Waals surface area contributed by atoms with E-state index >= 15 is 0 Å². The second-order valence-electron chi connectivity index (χ2n) is 5.18. The molecular formula is C17H18ClNOS. The van der Waals surface area contributed by atoms with Gasteiger partial charge in [0.1, 0.15) is 5.75 Å². The molecule has 1 heterocycles. The molecule has 0 saturated heterocycles. The zero-order valence-electron chi connectivity index (χ0n) is 12.1. The first-order chi connectivity index (χ1) is 10.2. The van der Waals surface area contributed by atoms with Crippen LogP contribution >= 0.6 is 23.4 Å². The summed E-state index contributed by atoms with van der Waals surface area (Å²) in [6.07, 6.45) is 0. The zero-order valence-corrected chi connectivity index (χ0v) is 13.7. The van der Waals surface area contributed by atoms with Gasteiger partial charge in [-0.15, -0.1) is 11.8 Å². The highest BCUT2D eigenvalue weighted by Gasteiger charge is 2.24. The van der Waals surface area contributed by atoms with Crippen molar-refractivity contribution >= 4 is 23.4 Å². The van der Waals surface area contributed by atoms with Gasteiger partial charge in [-0.1, -0.05) is 35.9 Å². The van der Waals surface area contributed by atoms with E-state index in [0.717, 1.165) is 11.5 Å². The van der Waals surface area contributed by atoms with Crippen molar-refractivity contribution < 1.29 is 4.74 Å². The average molecular weight is 320 g/mol. The maximum atomic E-state index is 6.21. The number of halogens is 1. The molecule has 0 radical (unpaired) electrons. The molecule has 1 aliphatic rings. The minimum atomic E-state index is 0.241. The Kier molecular flexibility index (Phi) is 4.43. The van der Waals surface area contributed by atoms with Crippen LogP contribution < -0.4 is 10.1 Å². The third-order valence-corrected chi connectivity index (χ3v) is 5.31. The summed E-state index contributed by atoms with van der Waals surface area (Å²) in [5, 5.41) is 4.35. The van der Waals surface area contributed by atoms with Gasteiger partial charge in [-0.05, 0) is 36.2 Å². The van der Waals surface area contributed by atoms with E-state index < -0.39 is 0 Å². The van der Waals surface area contributed by atoms with Crippen LogP contribution in [0.15, 0.2) is 47.4 Å². The van der Waals surface area contributed by atoms with Crippen molar-refractivity contribution in [3.05, 3.63) is 58.6 Å². The summed E-state index contributed by atoms with van der Waals surface area (Å²) in [5.41, 5.74) is 2.57. The molecule has 2 unspecified atom stereocenters. The summed E-state index contributed by atoms with van der Waals surface area (Å²) in [6, 6.07) is 15.2. The molecule has 2 aromatic rings. The Morgan fingerprint density at radius 1 is 1.29 bits per heavy atom. The first-order valence-electron chi connectivity index (χ1n) is 7.00. The Morgan fingerprint density at radius 2 is 2.10 bits per heavy atom. The summed E-state index contributed by atoms with van der Waals surface area (Å²) < 4.78 is 5.20. The van der Waals surface area contributed by atoms with Crippen molar-refractivity contribution in [2.75, 3.05) is 12.9 Å². The van der Waals surface area contributed by atoms with Gasteiger partial charge < -0.3 is 10.1 Å². The van der Waals surface area contributed by atoms with E-state index in [1.54, 1.807) is 7.11 Å². The average Bonchev–Trinajstić information content (AvgIpc) is 2.90. The van der Waals surface area contributed by atoms with Crippen LogP contribution in [-0.4, -0.2) is 12.9 Å². The molecule has 0 bridgehead atoms. The molecule has 3 rings (SSSR count). The van der Waals surface area contributed by atoms with E-state index in [0.29, 0.717) is 11.1 Å². The van der Waals surface area contributed by atoms with E-state index in [9.17, 15) is 0 Å². The molecule has 21 heavy (non-hydrogen) atoms. The first-order valence-corrected chi connectivity index (χ1v) is 8.36. The van der Waals surface area contributed by atoms with E-state index in [1.807, 2.05) is 23.9 Å². The van der Waals surface area contributed by atoms with Crippen LogP contribution in [0.4, 0.5) is 0 Å². The van der Waals surface area contributed by atoms with Gasteiger partial charge in [0.05, 0.1) is 12.1 Å². The third kappa shape index (κ3) is 3.05. The Hall–Kier alpha value is -1.16. The Balaban J connectivity index is 1.75. The number of thioether (sulfide) groups is 1. The first kappa shape index (κ1) is 14.8. The molecule has 2 aromatic carbocycles. The largest absolute Gasteiger partial charge is 0.495 e. The standard InChI is InChI=1S/C17H18ClNOS/c1-11(12-7-8-16(20-2)14(18)9-12)19-15-10-21-17-6-4-3-5-13(15)17/h3-9,11,15,19H,10H2,1-2H3. The predicted molar refractivity (Wildman–Crippen MR) is 89.5 cm³/mol. The molecule has 1 N–H and O–H groups in total. The van der Waals surface area contributed by atoms with Crippen LogP contribution in [0.3, 0.4) is 0 Å². The van der Waals surface area contributed by atoms with Crippen LogP contribution in [0, 0.1) is 0 Å².